The minimum Gasteiger partial charge on any atom is -0.351 e. The van der Waals surface area contributed by atoms with Crippen molar-refractivity contribution in [1.29, 1.82) is 0 Å². The van der Waals surface area contributed by atoms with Crippen LogP contribution in [0.3, 0.4) is 0 Å². The van der Waals surface area contributed by atoms with Gasteiger partial charge < -0.3 is 5.32 Å². The summed E-state index contributed by atoms with van der Waals surface area (Å²) in [6.07, 6.45) is -1.43. The standard InChI is InChI=1S/C19H20ClF3N6O.2ClH/c20-14-3-1-2-4-15(14)29-10-12-9-24-17(26-16(12)27-18(29)30)25-13-5-7-28(8-6-13)11-19(21,22)23;;/h1-4,9,13H,5-8,10-11H2,(H2,24,25,26,27,30);2*1H. The van der Waals surface area contributed by atoms with Gasteiger partial charge >= 0.3 is 12.2 Å². The minimum absolute atomic E-state index is 0. The first-order valence-corrected chi connectivity index (χ1v) is 9.91. The fourth-order valence-corrected chi connectivity index (χ4v) is 3.89. The number of carbonyl (C=O) groups excluding carboxylic acids is 1. The molecule has 0 aliphatic carbocycles. The van der Waals surface area contributed by atoms with E-state index >= 15 is 0 Å². The second kappa shape index (κ2) is 10.7. The highest BCUT2D eigenvalue weighted by atomic mass is 35.5. The Morgan fingerprint density at radius 2 is 1.88 bits per heavy atom. The van der Waals surface area contributed by atoms with Gasteiger partial charge in [-0.15, -0.1) is 24.8 Å². The Kier molecular flexibility index (Phi) is 8.81. The Hall–Kier alpha value is -2.01. The van der Waals surface area contributed by atoms with E-state index in [-0.39, 0.29) is 43.4 Å². The molecule has 0 radical (unpaired) electrons. The predicted octanol–water partition coefficient (Wildman–Crippen LogP) is 4.96. The number of urea groups is 1. The topological polar surface area (TPSA) is 73.4 Å². The van der Waals surface area contributed by atoms with Crippen LogP contribution in [-0.2, 0) is 6.54 Å². The van der Waals surface area contributed by atoms with Crippen molar-refractivity contribution in [3.8, 4) is 0 Å². The Morgan fingerprint density at radius 1 is 1.19 bits per heavy atom. The molecular weight excluding hydrogens is 492 g/mol. The van der Waals surface area contributed by atoms with E-state index in [1.807, 2.05) is 0 Å². The molecule has 0 atom stereocenters. The van der Waals surface area contributed by atoms with Crippen LogP contribution in [0.1, 0.15) is 18.4 Å². The van der Waals surface area contributed by atoms with Gasteiger partial charge in [0.1, 0.15) is 5.82 Å². The van der Waals surface area contributed by atoms with Gasteiger partial charge in [-0.3, -0.25) is 15.1 Å². The van der Waals surface area contributed by atoms with Gasteiger partial charge in [0.05, 0.1) is 23.8 Å². The highest BCUT2D eigenvalue weighted by molar-refractivity contribution is 6.34. The second-order valence-corrected chi connectivity index (χ2v) is 7.75. The molecule has 2 amide bonds. The van der Waals surface area contributed by atoms with Crippen LogP contribution in [0.2, 0.25) is 5.02 Å². The lowest BCUT2D eigenvalue weighted by Crippen LogP contribution is -2.43. The molecule has 0 spiro atoms. The third-order valence-corrected chi connectivity index (χ3v) is 5.45. The molecule has 0 saturated carbocycles. The zero-order valence-electron chi connectivity index (χ0n) is 16.7. The first kappa shape index (κ1) is 26.2. The number of carbonyl (C=O) groups is 1. The highest BCUT2D eigenvalue weighted by Gasteiger charge is 2.33. The molecule has 7 nitrogen and oxygen atoms in total. The van der Waals surface area contributed by atoms with Crippen LogP contribution in [0.5, 0.6) is 0 Å². The molecule has 1 aromatic carbocycles. The Balaban J connectivity index is 0.00000181. The molecule has 0 bridgehead atoms. The normalized spacial score (nSPS) is 17.0. The molecule has 1 fully saturated rings. The van der Waals surface area contributed by atoms with Crippen molar-refractivity contribution in [2.75, 3.05) is 35.2 Å². The molecule has 2 aliphatic heterocycles. The van der Waals surface area contributed by atoms with Gasteiger partial charge in [-0.2, -0.15) is 18.2 Å². The molecule has 2 aromatic rings. The second-order valence-electron chi connectivity index (χ2n) is 7.35. The number of anilines is 3. The fraction of sp³-hybridized carbons (Fsp3) is 0.421. The molecule has 4 rings (SSSR count). The van der Waals surface area contributed by atoms with Crippen LogP contribution in [0, 0.1) is 0 Å². The quantitative estimate of drug-likeness (QED) is 0.604. The number of piperidine rings is 1. The summed E-state index contributed by atoms with van der Waals surface area (Å²) >= 11 is 6.20. The van der Waals surface area contributed by atoms with E-state index in [1.165, 1.54) is 9.80 Å². The number of hydrogen-bond donors (Lipinski definition) is 2. The molecule has 1 saturated heterocycles. The van der Waals surface area contributed by atoms with Crippen LogP contribution in [-0.4, -0.2) is 52.8 Å². The van der Waals surface area contributed by atoms with E-state index < -0.39 is 12.7 Å². The summed E-state index contributed by atoms with van der Waals surface area (Å²) in [5, 5.41) is 6.38. The van der Waals surface area contributed by atoms with E-state index in [2.05, 4.69) is 20.6 Å². The Labute approximate surface area is 200 Å². The van der Waals surface area contributed by atoms with Gasteiger partial charge in [-0.1, -0.05) is 23.7 Å². The lowest BCUT2D eigenvalue weighted by atomic mass is 10.1. The third kappa shape index (κ3) is 6.28. The lowest BCUT2D eigenvalue weighted by Gasteiger charge is -2.33. The van der Waals surface area contributed by atoms with Crippen molar-refractivity contribution >= 4 is 59.9 Å². The average Bonchev–Trinajstić information content (AvgIpc) is 2.68. The van der Waals surface area contributed by atoms with Crippen molar-refractivity contribution in [3.05, 3.63) is 41.0 Å². The number of rotatable bonds is 4. The molecule has 2 aliphatic rings. The number of hydrogen-bond acceptors (Lipinski definition) is 5. The largest absolute Gasteiger partial charge is 0.401 e. The summed E-state index contributed by atoms with van der Waals surface area (Å²) < 4.78 is 37.5. The first-order valence-electron chi connectivity index (χ1n) is 9.53. The van der Waals surface area contributed by atoms with E-state index in [1.54, 1.807) is 30.5 Å². The molecule has 1 aromatic heterocycles. The minimum atomic E-state index is -4.18. The maximum atomic E-state index is 12.5. The van der Waals surface area contributed by atoms with Crippen LogP contribution in [0.25, 0.3) is 0 Å². The maximum absolute atomic E-state index is 12.5. The van der Waals surface area contributed by atoms with Gasteiger partial charge in [0.15, 0.2) is 0 Å². The van der Waals surface area contributed by atoms with Crippen LogP contribution < -0.4 is 15.5 Å². The van der Waals surface area contributed by atoms with Gasteiger partial charge in [0, 0.05) is 30.9 Å². The molecule has 32 heavy (non-hydrogen) atoms. The molecular formula is C19H22Cl3F3N6O. The number of aromatic nitrogens is 2. The van der Waals surface area contributed by atoms with Crippen molar-refractivity contribution in [1.82, 2.24) is 14.9 Å². The van der Waals surface area contributed by atoms with E-state index in [4.69, 9.17) is 11.6 Å². The Morgan fingerprint density at radius 3 is 2.53 bits per heavy atom. The van der Waals surface area contributed by atoms with Gasteiger partial charge in [-0.25, -0.2) is 9.78 Å². The van der Waals surface area contributed by atoms with Crippen LogP contribution >= 0.6 is 36.4 Å². The number of halogens is 6. The van der Waals surface area contributed by atoms with E-state index in [9.17, 15) is 18.0 Å². The van der Waals surface area contributed by atoms with Crippen LogP contribution in [0.15, 0.2) is 30.5 Å². The maximum Gasteiger partial charge on any atom is 0.401 e. The van der Waals surface area contributed by atoms with Crippen molar-refractivity contribution in [2.24, 2.45) is 0 Å². The average molecular weight is 514 g/mol. The number of amides is 2. The summed E-state index contributed by atoms with van der Waals surface area (Å²) in [5.74, 6) is 0.754. The first-order chi connectivity index (χ1) is 14.3. The number of benzene rings is 1. The Bertz CT molecular complexity index is 941. The number of nitrogens with one attached hydrogen (secondary N) is 2. The number of fused-ring (bicyclic) bond motifs is 1. The molecule has 3 heterocycles. The predicted molar refractivity (Wildman–Crippen MR) is 122 cm³/mol. The molecule has 2 N–H and O–H groups in total. The number of nitrogens with zero attached hydrogens (tertiary/aromatic N) is 4. The molecule has 13 heteroatoms. The summed E-state index contributed by atoms with van der Waals surface area (Å²) in [4.78, 5) is 24.1. The van der Waals surface area contributed by atoms with Crippen molar-refractivity contribution in [2.45, 2.75) is 31.6 Å². The number of alkyl halides is 3. The zero-order valence-corrected chi connectivity index (χ0v) is 19.1. The number of para-hydroxylation sites is 1. The van der Waals surface area contributed by atoms with E-state index in [0.29, 0.717) is 48.4 Å². The molecule has 0 unspecified atom stereocenters. The van der Waals surface area contributed by atoms with Crippen molar-refractivity contribution < 1.29 is 18.0 Å². The zero-order chi connectivity index (χ0) is 21.3. The summed E-state index contributed by atoms with van der Waals surface area (Å²) in [5.41, 5.74) is 1.33. The lowest BCUT2D eigenvalue weighted by molar-refractivity contribution is -0.147. The fourth-order valence-electron chi connectivity index (χ4n) is 3.65. The summed E-state index contributed by atoms with van der Waals surface area (Å²) in [6, 6.07) is 6.69. The monoisotopic (exact) mass is 512 g/mol. The third-order valence-electron chi connectivity index (χ3n) is 5.13. The van der Waals surface area contributed by atoms with E-state index in [0.717, 1.165) is 5.56 Å². The SMILES string of the molecule is Cl.Cl.O=C1Nc2nc(NC3CCN(CC(F)(F)F)CC3)ncc2CN1c1ccccc1Cl. The number of likely N-dealkylation sites (tertiary alicyclic amines) is 1. The van der Waals surface area contributed by atoms with Gasteiger partial charge in [-0.05, 0) is 25.0 Å². The van der Waals surface area contributed by atoms with Crippen molar-refractivity contribution in [3.63, 3.8) is 0 Å². The summed E-state index contributed by atoms with van der Waals surface area (Å²) in [7, 11) is 0. The highest BCUT2D eigenvalue weighted by Crippen LogP contribution is 2.31. The summed E-state index contributed by atoms with van der Waals surface area (Å²) in [6.45, 7) is 0.0985. The van der Waals surface area contributed by atoms with Gasteiger partial charge in [0.25, 0.3) is 0 Å². The van der Waals surface area contributed by atoms with Gasteiger partial charge in [0.2, 0.25) is 5.95 Å². The smallest absolute Gasteiger partial charge is 0.351 e. The molecule has 176 valence electrons. The van der Waals surface area contributed by atoms with Crippen LogP contribution in [0.4, 0.5) is 35.4 Å².